The summed E-state index contributed by atoms with van der Waals surface area (Å²) in [5, 5.41) is 5.02. The third-order valence-corrected chi connectivity index (χ3v) is 2.97. The lowest BCUT2D eigenvalue weighted by Crippen LogP contribution is -2.46. The van der Waals surface area contributed by atoms with Crippen molar-refractivity contribution in [2.75, 3.05) is 20.3 Å². The average molecular weight is 334 g/mol. The van der Waals surface area contributed by atoms with Gasteiger partial charge in [-0.2, -0.15) is 0 Å². The molecule has 0 aliphatic carbocycles. The number of nitrogens with one attached hydrogen (secondary N) is 2. The monoisotopic (exact) mass is 334 g/mol. The fraction of sp³-hybridized carbons (Fsp3) is 0.353. The van der Waals surface area contributed by atoms with E-state index in [0.717, 1.165) is 5.56 Å². The Kier molecular flexibility index (Phi) is 8.04. The predicted molar refractivity (Wildman–Crippen MR) is 89.3 cm³/mol. The van der Waals surface area contributed by atoms with Gasteiger partial charge in [0.1, 0.15) is 11.8 Å². The summed E-state index contributed by atoms with van der Waals surface area (Å²) < 4.78 is 9.90. The summed E-state index contributed by atoms with van der Waals surface area (Å²) in [6.45, 7) is 3.35. The molecule has 0 heterocycles. The van der Waals surface area contributed by atoms with Crippen molar-refractivity contribution in [2.24, 2.45) is 0 Å². The number of esters is 1. The van der Waals surface area contributed by atoms with Crippen molar-refractivity contribution in [2.45, 2.75) is 19.9 Å². The zero-order valence-electron chi connectivity index (χ0n) is 14.0. The van der Waals surface area contributed by atoms with Gasteiger partial charge in [0.2, 0.25) is 5.91 Å². The molecular formula is C17H22N2O5. The highest BCUT2D eigenvalue weighted by Gasteiger charge is 2.15. The van der Waals surface area contributed by atoms with E-state index in [9.17, 15) is 14.4 Å². The van der Waals surface area contributed by atoms with E-state index in [1.807, 2.05) is 0 Å². The van der Waals surface area contributed by atoms with Crippen LogP contribution in [0.25, 0.3) is 6.08 Å². The summed E-state index contributed by atoms with van der Waals surface area (Å²) in [6, 6.07) is 6.44. The van der Waals surface area contributed by atoms with Gasteiger partial charge in [-0.25, -0.2) is 4.79 Å². The zero-order valence-corrected chi connectivity index (χ0v) is 14.0. The van der Waals surface area contributed by atoms with Gasteiger partial charge in [0.25, 0.3) is 5.91 Å². The number of carbonyl (C=O) groups is 3. The van der Waals surface area contributed by atoms with Crippen LogP contribution in [0.3, 0.4) is 0 Å². The van der Waals surface area contributed by atoms with Crippen molar-refractivity contribution in [1.82, 2.24) is 10.6 Å². The smallest absolute Gasteiger partial charge is 0.331 e. The Balaban J connectivity index is 2.41. The van der Waals surface area contributed by atoms with Crippen molar-refractivity contribution >= 4 is 23.9 Å². The van der Waals surface area contributed by atoms with E-state index in [0.29, 0.717) is 12.3 Å². The summed E-state index contributed by atoms with van der Waals surface area (Å²) in [7, 11) is 1.55. The van der Waals surface area contributed by atoms with Gasteiger partial charge >= 0.3 is 5.97 Å². The number of hydrogen-bond donors (Lipinski definition) is 2. The minimum absolute atomic E-state index is 0.296. The highest BCUT2D eigenvalue weighted by Crippen LogP contribution is 2.13. The molecule has 1 rings (SSSR count). The zero-order chi connectivity index (χ0) is 17.9. The molecule has 0 aromatic heterocycles. The molecule has 2 N–H and O–H groups in total. The molecule has 0 bridgehead atoms. The molecule has 0 spiro atoms. The molecule has 2 amide bonds. The van der Waals surface area contributed by atoms with Crippen LogP contribution in [0.5, 0.6) is 5.75 Å². The van der Waals surface area contributed by atoms with Crippen LogP contribution in [0.15, 0.2) is 30.3 Å². The quantitative estimate of drug-likeness (QED) is 0.544. The minimum atomic E-state index is -0.691. The van der Waals surface area contributed by atoms with E-state index in [4.69, 9.17) is 9.47 Å². The van der Waals surface area contributed by atoms with Gasteiger partial charge < -0.3 is 20.1 Å². The van der Waals surface area contributed by atoms with Crippen LogP contribution in [0.2, 0.25) is 0 Å². The first-order chi connectivity index (χ1) is 11.5. The Morgan fingerprint density at radius 1 is 1.29 bits per heavy atom. The maximum Gasteiger partial charge on any atom is 0.331 e. The maximum absolute atomic E-state index is 11.6. The fourth-order valence-electron chi connectivity index (χ4n) is 1.77. The van der Waals surface area contributed by atoms with Crippen molar-refractivity contribution in [1.29, 1.82) is 0 Å². The maximum atomic E-state index is 11.6. The van der Waals surface area contributed by atoms with Gasteiger partial charge in [-0.05, 0) is 37.6 Å². The van der Waals surface area contributed by atoms with Gasteiger partial charge in [0, 0.05) is 12.6 Å². The molecule has 7 nitrogen and oxygen atoms in total. The molecule has 1 aromatic carbocycles. The second kappa shape index (κ2) is 10.0. The molecule has 0 saturated heterocycles. The Labute approximate surface area is 141 Å². The number of ether oxygens (including phenoxy) is 2. The van der Waals surface area contributed by atoms with Crippen LogP contribution >= 0.6 is 0 Å². The molecule has 0 saturated carbocycles. The molecule has 0 radical (unpaired) electrons. The molecule has 0 aliphatic rings. The SMILES string of the molecule is CCNC(=O)[C@H](C)NC(=O)COC(=O)/C=C/c1cccc(OC)c1. The summed E-state index contributed by atoms with van der Waals surface area (Å²) in [4.78, 5) is 34.7. The summed E-state index contributed by atoms with van der Waals surface area (Å²) in [6.07, 6.45) is 2.77. The van der Waals surface area contributed by atoms with E-state index in [1.165, 1.54) is 6.08 Å². The topological polar surface area (TPSA) is 93.7 Å². The van der Waals surface area contributed by atoms with Crippen molar-refractivity contribution in [3.63, 3.8) is 0 Å². The molecule has 0 unspecified atom stereocenters. The van der Waals surface area contributed by atoms with E-state index < -0.39 is 24.5 Å². The van der Waals surface area contributed by atoms with Gasteiger partial charge in [-0.1, -0.05) is 12.1 Å². The lowest BCUT2D eigenvalue weighted by atomic mass is 10.2. The number of amides is 2. The van der Waals surface area contributed by atoms with Gasteiger partial charge in [0.05, 0.1) is 7.11 Å². The normalized spacial score (nSPS) is 11.6. The number of carbonyl (C=O) groups excluding carboxylic acids is 3. The molecule has 24 heavy (non-hydrogen) atoms. The van der Waals surface area contributed by atoms with E-state index in [1.54, 1.807) is 51.3 Å². The standard InChI is InChI=1S/C17H22N2O5/c1-4-18-17(22)12(2)19-15(20)11-24-16(21)9-8-13-6-5-7-14(10-13)23-3/h5-10,12H,4,11H2,1-3H3,(H,18,22)(H,19,20)/b9-8+/t12-/m0/s1. The molecule has 1 atom stereocenters. The number of rotatable bonds is 8. The van der Waals surface area contributed by atoms with Gasteiger partial charge in [0.15, 0.2) is 6.61 Å². The Bertz CT molecular complexity index is 613. The van der Waals surface area contributed by atoms with Crippen molar-refractivity contribution in [3.8, 4) is 5.75 Å². The third kappa shape index (κ3) is 6.95. The minimum Gasteiger partial charge on any atom is -0.497 e. The van der Waals surface area contributed by atoms with Crippen molar-refractivity contribution < 1.29 is 23.9 Å². The fourth-order valence-corrected chi connectivity index (χ4v) is 1.77. The first kappa shape index (κ1) is 19.2. The Morgan fingerprint density at radius 2 is 2.04 bits per heavy atom. The van der Waals surface area contributed by atoms with Crippen LogP contribution in [-0.4, -0.2) is 44.1 Å². The largest absolute Gasteiger partial charge is 0.497 e. The van der Waals surface area contributed by atoms with E-state index in [-0.39, 0.29) is 5.91 Å². The van der Waals surface area contributed by atoms with Gasteiger partial charge in [-0.3, -0.25) is 9.59 Å². The molecular weight excluding hydrogens is 312 g/mol. The summed E-state index contributed by atoms with van der Waals surface area (Å²) in [5.74, 6) is -0.824. The highest BCUT2D eigenvalue weighted by atomic mass is 16.5. The van der Waals surface area contributed by atoms with E-state index >= 15 is 0 Å². The van der Waals surface area contributed by atoms with Crippen LogP contribution in [0.1, 0.15) is 19.4 Å². The second-order valence-electron chi connectivity index (χ2n) is 4.90. The Morgan fingerprint density at radius 3 is 2.71 bits per heavy atom. The first-order valence-electron chi connectivity index (χ1n) is 7.52. The van der Waals surface area contributed by atoms with Crippen LogP contribution in [-0.2, 0) is 19.1 Å². The highest BCUT2D eigenvalue weighted by molar-refractivity contribution is 5.91. The number of likely N-dealkylation sites (N-methyl/N-ethyl adjacent to an activating group) is 1. The summed E-state index contributed by atoms with van der Waals surface area (Å²) >= 11 is 0. The third-order valence-electron chi connectivity index (χ3n) is 2.97. The van der Waals surface area contributed by atoms with Crippen LogP contribution < -0.4 is 15.4 Å². The molecule has 130 valence electrons. The predicted octanol–water partition coefficient (Wildman–Crippen LogP) is 0.892. The summed E-state index contributed by atoms with van der Waals surface area (Å²) in [5.41, 5.74) is 0.764. The Hall–Kier alpha value is -2.83. The molecule has 7 heteroatoms. The number of benzene rings is 1. The second-order valence-corrected chi connectivity index (χ2v) is 4.90. The average Bonchev–Trinajstić information content (AvgIpc) is 2.58. The van der Waals surface area contributed by atoms with Gasteiger partial charge in [-0.15, -0.1) is 0 Å². The molecule has 1 aromatic rings. The first-order valence-corrected chi connectivity index (χ1v) is 7.52. The lowest BCUT2D eigenvalue weighted by molar-refractivity contribution is -0.144. The van der Waals surface area contributed by atoms with Crippen LogP contribution in [0, 0.1) is 0 Å². The lowest BCUT2D eigenvalue weighted by Gasteiger charge is -2.12. The molecule has 0 fully saturated rings. The number of methoxy groups -OCH3 is 1. The van der Waals surface area contributed by atoms with E-state index in [2.05, 4.69) is 10.6 Å². The van der Waals surface area contributed by atoms with Crippen LogP contribution in [0.4, 0.5) is 0 Å². The molecule has 0 aliphatic heterocycles. The van der Waals surface area contributed by atoms with Crippen molar-refractivity contribution in [3.05, 3.63) is 35.9 Å². The number of hydrogen-bond acceptors (Lipinski definition) is 5.